The zero-order valence-electron chi connectivity index (χ0n) is 16.3. The summed E-state index contributed by atoms with van der Waals surface area (Å²) in [5.74, 6) is 1.14. The molecule has 1 aliphatic rings. The minimum absolute atomic E-state index is 0.895. The summed E-state index contributed by atoms with van der Waals surface area (Å²) >= 11 is 0. The maximum atomic E-state index is 4.86. The molecule has 1 aromatic carbocycles. The van der Waals surface area contributed by atoms with E-state index in [1.165, 1.54) is 27.9 Å². The van der Waals surface area contributed by atoms with Crippen molar-refractivity contribution in [1.82, 2.24) is 24.4 Å². The Morgan fingerprint density at radius 3 is 2.86 bits per heavy atom. The fourth-order valence-corrected chi connectivity index (χ4v) is 4.13. The largest absolute Gasteiger partial charge is 0.331 e. The predicted octanol–water partition coefficient (Wildman–Crippen LogP) is 3.90. The van der Waals surface area contributed by atoms with Gasteiger partial charge < -0.3 is 4.57 Å². The van der Waals surface area contributed by atoms with Gasteiger partial charge >= 0.3 is 0 Å². The molecule has 0 bridgehead atoms. The fourth-order valence-electron chi connectivity index (χ4n) is 4.13. The molecule has 0 saturated carbocycles. The van der Waals surface area contributed by atoms with Crippen LogP contribution in [0.15, 0.2) is 55.0 Å². The van der Waals surface area contributed by atoms with E-state index in [1.807, 2.05) is 24.7 Å². The summed E-state index contributed by atoms with van der Waals surface area (Å²) in [6.07, 6.45) is 6.59. The van der Waals surface area contributed by atoms with Crippen molar-refractivity contribution in [3.05, 3.63) is 77.6 Å². The Labute approximate surface area is 164 Å². The molecule has 0 aliphatic carbocycles. The molecular formula is C23H23N5. The van der Waals surface area contributed by atoms with E-state index in [0.717, 1.165) is 43.0 Å². The third-order valence-corrected chi connectivity index (χ3v) is 5.65. The molecule has 140 valence electrons. The molecule has 4 aromatic rings. The van der Waals surface area contributed by atoms with Gasteiger partial charge in [-0.15, -0.1) is 0 Å². The molecule has 5 nitrogen and oxygen atoms in total. The van der Waals surface area contributed by atoms with Crippen LogP contribution in [0.4, 0.5) is 0 Å². The molecule has 5 rings (SSSR count). The number of hydrogen-bond donors (Lipinski definition) is 0. The van der Waals surface area contributed by atoms with Crippen molar-refractivity contribution in [2.75, 3.05) is 6.54 Å². The normalized spacial score (nSPS) is 13.9. The first-order valence-electron chi connectivity index (χ1n) is 9.70. The van der Waals surface area contributed by atoms with Crippen molar-refractivity contribution in [2.45, 2.75) is 26.4 Å². The van der Waals surface area contributed by atoms with Gasteiger partial charge in [-0.3, -0.25) is 14.9 Å². The molecular weight excluding hydrogens is 346 g/mol. The maximum absolute atomic E-state index is 4.86. The lowest BCUT2D eigenvalue weighted by atomic mass is 10.0. The SMILES string of the molecule is Cc1ccc2c(c1)nc(CCN1Cc3nccc(-c4cccnc4)c3C1)n2C. The van der Waals surface area contributed by atoms with E-state index in [2.05, 4.69) is 63.7 Å². The number of imidazole rings is 1. The predicted molar refractivity (Wildman–Crippen MR) is 111 cm³/mol. The summed E-state index contributed by atoms with van der Waals surface area (Å²) in [6.45, 7) is 4.91. The van der Waals surface area contributed by atoms with E-state index in [9.17, 15) is 0 Å². The summed E-state index contributed by atoms with van der Waals surface area (Å²) in [4.78, 5) is 16.2. The highest BCUT2D eigenvalue weighted by Gasteiger charge is 2.23. The molecule has 5 heteroatoms. The third kappa shape index (κ3) is 2.98. The second-order valence-electron chi connectivity index (χ2n) is 7.57. The molecule has 0 atom stereocenters. The topological polar surface area (TPSA) is 46.8 Å². The van der Waals surface area contributed by atoms with Crippen LogP contribution in [0.25, 0.3) is 22.2 Å². The van der Waals surface area contributed by atoms with Gasteiger partial charge in [0, 0.05) is 57.3 Å². The third-order valence-electron chi connectivity index (χ3n) is 5.65. The van der Waals surface area contributed by atoms with Gasteiger partial charge in [0.05, 0.1) is 16.7 Å². The van der Waals surface area contributed by atoms with Crippen LogP contribution in [0.2, 0.25) is 0 Å². The van der Waals surface area contributed by atoms with Crippen LogP contribution in [0.3, 0.4) is 0 Å². The van der Waals surface area contributed by atoms with Crippen molar-refractivity contribution in [1.29, 1.82) is 0 Å². The minimum atomic E-state index is 0.895. The number of pyridine rings is 2. The second-order valence-corrected chi connectivity index (χ2v) is 7.57. The average molecular weight is 369 g/mol. The summed E-state index contributed by atoms with van der Waals surface area (Å²) in [6, 6.07) is 12.7. The number of aromatic nitrogens is 4. The minimum Gasteiger partial charge on any atom is -0.331 e. The van der Waals surface area contributed by atoms with Crippen LogP contribution in [-0.4, -0.2) is 31.0 Å². The quantitative estimate of drug-likeness (QED) is 0.547. The zero-order chi connectivity index (χ0) is 19.1. The highest BCUT2D eigenvalue weighted by molar-refractivity contribution is 5.76. The van der Waals surface area contributed by atoms with Gasteiger partial charge in [-0.05, 0) is 47.9 Å². The molecule has 0 spiro atoms. The van der Waals surface area contributed by atoms with Crippen LogP contribution < -0.4 is 0 Å². The van der Waals surface area contributed by atoms with Crippen LogP contribution >= 0.6 is 0 Å². The van der Waals surface area contributed by atoms with E-state index in [1.54, 1.807) is 0 Å². The van der Waals surface area contributed by atoms with E-state index in [-0.39, 0.29) is 0 Å². The number of hydrogen-bond acceptors (Lipinski definition) is 4. The Balaban J connectivity index is 1.35. The number of fused-ring (bicyclic) bond motifs is 2. The van der Waals surface area contributed by atoms with Crippen LogP contribution in [-0.2, 0) is 26.6 Å². The van der Waals surface area contributed by atoms with Gasteiger partial charge in [-0.1, -0.05) is 12.1 Å². The molecule has 0 fully saturated rings. The Morgan fingerprint density at radius 2 is 2.00 bits per heavy atom. The van der Waals surface area contributed by atoms with Crippen molar-refractivity contribution >= 4 is 11.0 Å². The number of rotatable bonds is 4. The Kier molecular flexibility index (Phi) is 4.17. The first-order chi connectivity index (χ1) is 13.7. The van der Waals surface area contributed by atoms with Gasteiger partial charge in [-0.2, -0.15) is 0 Å². The lowest BCUT2D eigenvalue weighted by molar-refractivity contribution is 0.284. The fraction of sp³-hybridized carbons (Fsp3) is 0.261. The highest BCUT2D eigenvalue weighted by atomic mass is 15.2. The summed E-state index contributed by atoms with van der Waals surface area (Å²) in [5.41, 5.74) is 8.46. The van der Waals surface area contributed by atoms with Gasteiger partial charge in [-0.25, -0.2) is 4.98 Å². The summed E-state index contributed by atoms with van der Waals surface area (Å²) in [5, 5.41) is 0. The molecule has 0 radical (unpaired) electrons. The Bertz CT molecular complexity index is 1150. The van der Waals surface area contributed by atoms with E-state index < -0.39 is 0 Å². The first-order valence-corrected chi connectivity index (χ1v) is 9.70. The molecule has 4 heterocycles. The standard InChI is InChI=1S/C23H23N5/c1-16-5-6-22-20(12-16)26-23(27(22)2)8-11-28-14-19-18(7-10-25-21(19)15-28)17-4-3-9-24-13-17/h3-7,9-10,12-13H,8,11,14-15H2,1-2H3. The maximum Gasteiger partial charge on any atom is 0.110 e. The van der Waals surface area contributed by atoms with Crippen molar-refractivity contribution in [3.8, 4) is 11.1 Å². The number of nitrogens with zero attached hydrogens (tertiary/aromatic N) is 5. The van der Waals surface area contributed by atoms with Gasteiger partial charge in [0.15, 0.2) is 0 Å². The summed E-state index contributed by atoms with van der Waals surface area (Å²) in [7, 11) is 2.11. The van der Waals surface area contributed by atoms with Gasteiger partial charge in [0.1, 0.15) is 5.82 Å². The first kappa shape index (κ1) is 17.1. The number of aryl methyl sites for hydroxylation is 2. The van der Waals surface area contributed by atoms with E-state index in [4.69, 9.17) is 4.98 Å². The molecule has 3 aromatic heterocycles. The Morgan fingerprint density at radius 1 is 1.07 bits per heavy atom. The van der Waals surface area contributed by atoms with Crippen LogP contribution in [0.5, 0.6) is 0 Å². The molecule has 0 N–H and O–H groups in total. The second kappa shape index (κ2) is 6.84. The van der Waals surface area contributed by atoms with Crippen molar-refractivity contribution < 1.29 is 0 Å². The molecule has 0 unspecified atom stereocenters. The van der Waals surface area contributed by atoms with Crippen LogP contribution in [0.1, 0.15) is 22.6 Å². The Hall–Kier alpha value is -3.05. The van der Waals surface area contributed by atoms with Crippen molar-refractivity contribution in [2.24, 2.45) is 7.05 Å². The van der Waals surface area contributed by atoms with E-state index in [0.29, 0.717) is 0 Å². The van der Waals surface area contributed by atoms with E-state index >= 15 is 0 Å². The molecule has 0 amide bonds. The monoisotopic (exact) mass is 369 g/mol. The molecule has 1 aliphatic heterocycles. The lowest BCUT2D eigenvalue weighted by Gasteiger charge is -2.14. The summed E-state index contributed by atoms with van der Waals surface area (Å²) < 4.78 is 2.22. The van der Waals surface area contributed by atoms with Gasteiger partial charge in [0.2, 0.25) is 0 Å². The number of benzene rings is 1. The molecule has 28 heavy (non-hydrogen) atoms. The van der Waals surface area contributed by atoms with Crippen LogP contribution in [0, 0.1) is 6.92 Å². The van der Waals surface area contributed by atoms with Gasteiger partial charge in [0.25, 0.3) is 0 Å². The lowest BCUT2D eigenvalue weighted by Crippen LogP contribution is -2.20. The smallest absolute Gasteiger partial charge is 0.110 e. The average Bonchev–Trinajstić information content (AvgIpc) is 3.27. The molecule has 0 saturated heterocycles. The highest BCUT2D eigenvalue weighted by Crippen LogP contribution is 2.31. The van der Waals surface area contributed by atoms with Crippen molar-refractivity contribution in [3.63, 3.8) is 0 Å². The zero-order valence-corrected chi connectivity index (χ0v) is 16.3.